The monoisotopic (exact) mass is 281 g/mol. The number of hydrogen-bond acceptors (Lipinski definition) is 6. The summed E-state index contributed by atoms with van der Waals surface area (Å²) in [6.45, 7) is 6.10. The summed E-state index contributed by atoms with van der Waals surface area (Å²) in [7, 11) is -0.834. The number of ether oxygens (including phenoxy) is 2. The normalized spacial score (nSPS) is 14.3. The zero-order chi connectivity index (χ0) is 14.4. The summed E-state index contributed by atoms with van der Waals surface area (Å²) in [6.07, 6.45) is 0. The van der Waals surface area contributed by atoms with E-state index in [1.807, 2.05) is 6.92 Å². The summed E-state index contributed by atoms with van der Waals surface area (Å²) in [5, 5.41) is 3.06. The van der Waals surface area contributed by atoms with E-state index < -0.39 is 27.2 Å². The van der Waals surface area contributed by atoms with Gasteiger partial charge in [0.1, 0.15) is 5.75 Å². The fourth-order valence-electron chi connectivity index (χ4n) is 1.45. The van der Waals surface area contributed by atoms with Gasteiger partial charge in [0, 0.05) is 13.2 Å². The van der Waals surface area contributed by atoms with Crippen LogP contribution in [0.5, 0.6) is 0 Å². The molecule has 0 aromatic carbocycles. The summed E-state index contributed by atoms with van der Waals surface area (Å²) >= 11 is 0. The number of sulfone groups is 1. The Morgan fingerprint density at radius 3 is 2.28 bits per heavy atom. The van der Waals surface area contributed by atoms with Gasteiger partial charge in [0.2, 0.25) is 0 Å². The van der Waals surface area contributed by atoms with Crippen molar-refractivity contribution in [1.82, 2.24) is 5.32 Å². The van der Waals surface area contributed by atoms with Crippen molar-refractivity contribution >= 4 is 15.8 Å². The molecule has 0 aromatic heterocycles. The molecule has 0 amide bonds. The fraction of sp³-hybridized carbons (Fsp3) is 0.909. The first-order valence-electron chi connectivity index (χ1n) is 5.74. The van der Waals surface area contributed by atoms with Crippen LogP contribution in [0.15, 0.2) is 0 Å². The molecule has 1 N–H and O–H groups in total. The molecule has 1 atom stereocenters. The zero-order valence-corrected chi connectivity index (χ0v) is 12.5. The molecule has 0 radical (unpaired) electrons. The molecular formula is C11H23NO5S. The van der Waals surface area contributed by atoms with Crippen LogP contribution in [0.25, 0.3) is 0 Å². The van der Waals surface area contributed by atoms with E-state index in [-0.39, 0.29) is 11.8 Å². The van der Waals surface area contributed by atoms with Crippen LogP contribution < -0.4 is 5.32 Å². The minimum Gasteiger partial charge on any atom is -0.468 e. The van der Waals surface area contributed by atoms with Gasteiger partial charge in [0.25, 0.3) is 0 Å². The van der Waals surface area contributed by atoms with Crippen molar-refractivity contribution in [3.63, 3.8) is 0 Å². The molecule has 108 valence electrons. The summed E-state index contributed by atoms with van der Waals surface area (Å²) in [6, 6.07) is -0.387. The van der Waals surface area contributed by atoms with Crippen molar-refractivity contribution in [3.8, 4) is 0 Å². The Kier molecular flexibility index (Phi) is 6.80. The third-order valence-corrected chi connectivity index (χ3v) is 4.32. The number of carbonyl (C=O) groups excluding carboxylic acids is 1. The number of esters is 1. The minimum absolute atomic E-state index is 0.170. The molecule has 0 aliphatic rings. The number of hydrogen-bond donors (Lipinski definition) is 1. The van der Waals surface area contributed by atoms with Crippen LogP contribution in [0.1, 0.15) is 20.8 Å². The Morgan fingerprint density at radius 1 is 1.33 bits per heavy atom. The van der Waals surface area contributed by atoms with Gasteiger partial charge in [-0.1, -0.05) is 6.92 Å². The van der Waals surface area contributed by atoms with Crippen molar-refractivity contribution in [2.75, 3.05) is 32.3 Å². The molecule has 0 aliphatic heterocycles. The van der Waals surface area contributed by atoms with E-state index in [1.54, 1.807) is 13.8 Å². The number of rotatable bonds is 8. The predicted molar refractivity (Wildman–Crippen MR) is 69.2 cm³/mol. The molecule has 0 bridgehead atoms. The lowest BCUT2D eigenvalue weighted by Crippen LogP contribution is -2.52. The van der Waals surface area contributed by atoms with Gasteiger partial charge in [-0.25, -0.2) is 8.42 Å². The van der Waals surface area contributed by atoms with Gasteiger partial charge in [-0.2, -0.15) is 0 Å². The topological polar surface area (TPSA) is 81.7 Å². The molecule has 0 heterocycles. The van der Waals surface area contributed by atoms with Crippen LogP contribution >= 0.6 is 0 Å². The highest BCUT2D eigenvalue weighted by Crippen LogP contribution is 2.16. The number of carbonyl (C=O) groups is 1. The maximum absolute atomic E-state index is 11.9. The SMILES string of the molecule is CCNC(CS(=O)(=O)CC(=O)OC)C(C)(C)OC. The predicted octanol–water partition coefficient (Wildman–Crippen LogP) is -0.0227. The Bertz CT molecular complexity index is 364. The first kappa shape index (κ1) is 17.3. The number of methoxy groups -OCH3 is 2. The second-order valence-electron chi connectivity index (χ2n) is 4.55. The average molecular weight is 281 g/mol. The van der Waals surface area contributed by atoms with E-state index in [0.717, 1.165) is 0 Å². The highest BCUT2D eigenvalue weighted by atomic mass is 32.2. The third kappa shape index (κ3) is 5.79. The van der Waals surface area contributed by atoms with Crippen LogP contribution in [-0.4, -0.2) is 58.3 Å². The fourth-order valence-corrected chi connectivity index (χ4v) is 3.07. The Labute approximate surface area is 109 Å². The maximum Gasteiger partial charge on any atom is 0.320 e. The largest absolute Gasteiger partial charge is 0.468 e. The quantitative estimate of drug-likeness (QED) is 0.630. The van der Waals surface area contributed by atoms with Crippen molar-refractivity contribution < 1.29 is 22.7 Å². The van der Waals surface area contributed by atoms with E-state index in [0.29, 0.717) is 6.54 Å². The van der Waals surface area contributed by atoms with Gasteiger partial charge in [0.15, 0.2) is 9.84 Å². The van der Waals surface area contributed by atoms with E-state index in [4.69, 9.17) is 4.74 Å². The summed E-state index contributed by atoms with van der Waals surface area (Å²) < 4.78 is 33.4. The van der Waals surface area contributed by atoms with Crippen molar-refractivity contribution in [2.45, 2.75) is 32.4 Å². The van der Waals surface area contributed by atoms with Crippen molar-refractivity contribution in [1.29, 1.82) is 0 Å². The molecule has 7 heteroatoms. The van der Waals surface area contributed by atoms with Gasteiger partial charge < -0.3 is 14.8 Å². The molecule has 0 saturated heterocycles. The number of likely N-dealkylation sites (N-methyl/N-ethyl adjacent to an activating group) is 1. The first-order chi connectivity index (χ1) is 8.18. The van der Waals surface area contributed by atoms with Gasteiger partial charge >= 0.3 is 5.97 Å². The second-order valence-corrected chi connectivity index (χ2v) is 6.66. The smallest absolute Gasteiger partial charge is 0.320 e. The summed E-state index contributed by atoms with van der Waals surface area (Å²) in [5.41, 5.74) is -0.640. The van der Waals surface area contributed by atoms with E-state index in [9.17, 15) is 13.2 Å². The molecule has 1 unspecified atom stereocenters. The van der Waals surface area contributed by atoms with Crippen LogP contribution in [0, 0.1) is 0 Å². The first-order valence-corrected chi connectivity index (χ1v) is 7.56. The van der Waals surface area contributed by atoms with Crippen LogP contribution in [0.2, 0.25) is 0 Å². The average Bonchev–Trinajstić information content (AvgIpc) is 2.27. The number of nitrogens with one attached hydrogen (secondary N) is 1. The minimum atomic E-state index is -3.52. The summed E-state index contributed by atoms with van der Waals surface area (Å²) in [5.74, 6) is -1.53. The van der Waals surface area contributed by atoms with Crippen LogP contribution in [0.4, 0.5) is 0 Å². The van der Waals surface area contributed by atoms with Crippen LogP contribution in [0.3, 0.4) is 0 Å². The van der Waals surface area contributed by atoms with E-state index >= 15 is 0 Å². The van der Waals surface area contributed by atoms with Crippen LogP contribution in [-0.2, 0) is 24.1 Å². The molecule has 0 spiro atoms. The highest BCUT2D eigenvalue weighted by molar-refractivity contribution is 7.92. The van der Waals surface area contributed by atoms with Gasteiger partial charge in [-0.3, -0.25) is 4.79 Å². The van der Waals surface area contributed by atoms with Crippen molar-refractivity contribution in [2.24, 2.45) is 0 Å². The van der Waals surface area contributed by atoms with Gasteiger partial charge in [-0.15, -0.1) is 0 Å². The maximum atomic E-state index is 11.9. The zero-order valence-electron chi connectivity index (χ0n) is 11.6. The summed E-state index contributed by atoms with van der Waals surface area (Å²) in [4.78, 5) is 11.0. The molecule has 0 aromatic rings. The van der Waals surface area contributed by atoms with E-state index in [2.05, 4.69) is 10.1 Å². The molecule has 0 rings (SSSR count). The van der Waals surface area contributed by atoms with Crippen molar-refractivity contribution in [3.05, 3.63) is 0 Å². The lowest BCUT2D eigenvalue weighted by atomic mass is 10.0. The molecule has 18 heavy (non-hydrogen) atoms. The standard InChI is InChI=1S/C11H23NO5S/c1-6-12-9(11(2,3)17-5)7-18(14,15)8-10(13)16-4/h9,12H,6-8H2,1-5H3. The Hall–Kier alpha value is -0.660. The third-order valence-electron chi connectivity index (χ3n) is 2.80. The Balaban J connectivity index is 4.83. The Morgan fingerprint density at radius 2 is 1.89 bits per heavy atom. The van der Waals surface area contributed by atoms with Gasteiger partial charge in [0.05, 0.1) is 18.5 Å². The molecule has 6 nitrogen and oxygen atoms in total. The lowest BCUT2D eigenvalue weighted by Gasteiger charge is -2.33. The van der Waals surface area contributed by atoms with Gasteiger partial charge in [-0.05, 0) is 20.4 Å². The molecule has 0 saturated carbocycles. The lowest BCUT2D eigenvalue weighted by molar-refractivity contribution is -0.137. The second kappa shape index (κ2) is 7.06. The molecular weight excluding hydrogens is 258 g/mol. The highest BCUT2D eigenvalue weighted by Gasteiger charge is 2.33. The molecule has 0 fully saturated rings. The molecule has 0 aliphatic carbocycles. The van der Waals surface area contributed by atoms with E-state index in [1.165, 1.54) is 14.2 Å².